The Kier molecular flexibility index (Phi) is 8.72. The van der Waals surface area contributed by atoms with Gasteiger partial charge in [0.05, 0.1) is 10.6 Å². The molecule has 0 spiro atoms. The molecule has 0 aliphatic carbocycles. The topological polar surface area (TPSA) is 109 Å². The van der Waals surface area contributed by atoms with Gasteiger partial charge in [0.25, 0.3) is 10.0 Å². The molecule has 2 N–H and O–H groups in total. The van der Waals surface area contributed by atoms with E-state index in [-0.39, 0.29) is 10.8 Å². The summed E-state index contributed by atoms with van der Waals surface area (Å²) in [4.78, 5) is 18.7. The van der Waals surface area contributed by atoms with E-state index in [1.54, 1.807) is 24.3 Å². The van der Waals surface area contributed by atoms with Crippen molar-refractivity contribution in [1.82, 2.24) is 19.5 Å². The maximum absolute atomic E-state index is 12.9. The summed E-state index contributed by atoms with van der Waals surface area (Å²) in [7, 11) is -3.80. The lowest BCUT2D eigenvalue weighted by Crippen LogP contribution is -2.20. The first-order chi connectivity index (χ1) is 21.3. The molecule has 9 nitrogen and oxygen atoms in total. The highest BCUT2D eigenvalue weighted by molar-refractivity contribution is 7.92. The Morgan fingerprint density at radius 2 is 1.52 bits per heavy atom. The van der Waals surface area contributed by atoms with Crippen LogP contribution in [0.2, 0.25) is 0 Å². The summed E-state index contributed by atoms with van der Waals surface area (Å²) in [6, 6.07) is 27.8. The monoisotopic (exact) mass is 608 g/mol. The van der Waals surface area contributed by atoms with Crippen LogP contribution >= 0.6 is 0 Å². The summed E-state index contributed by atoms with van der Waals surface area (Å²) in [5.74, 6) is 0.522. The van der Waals surface area contributed by atoms with Crippen molar-refractivity contribution in [3.63, 3.8) is 0 Å². The Morgan fingerprint density at radius 3 is 2.23 bits per heavy atom. The van der Waals surface area contributed by atoms with Crippen molar-refractivity contribution < 1.29 is 13.2 Å². The summed E-state index contributed by atoms with van der Waals surface area (Å²) in [5, 5.41) is 7.44. The summed E-state index contributed by atoms with van der Waals surface area (Å²) in [6.07, 6.45) is 5.60. The number of nitrogens with zero attached hydrogens (tertiary/aromatic N) is 4. The Morgan fingerprint density at radius 1 is 0.841 bits per heavy atom. The zero-order valence-electron chi connectivity index (χ0n) is 24.7. The molecule has 1 aliphatic rings. The van der Waals surface area contributed by atoms with Crippen molar-refractivity contribution >= 4 is 33.0 Å². The van der Waals surface area contributed by atoms with E-state index in [0.29, 0.717) is 17.8 Å². The van der Waals surface area contributed by atoms with Crippen molar-refractivity contribution in [2.24, 2.45) is 0 Å². The number of aryl methyl sites for hydroxylation is 1. The maximum Gasteiger partial charge on any atom is 0.261 e. The molecule has 10 heteroatoms. The Hall–Kier alpha value is -4.54. The molecule has 0 unspecified atom stereocenters. The van der Waals surface area contributed by atoms with Gasteiger partial charge in [0.2, 0.25) is 5.91 Å². The van der Waals surface area contributed by atoms with Gasteiger partial charge in [0, 0.05) is 30.3 Å². The van der Waals surface area contributed by atoms with E-state index in [1.165, 1.54) is 69.1 Å². The number of anilines is 2. The van der Waals surface area contributed by atoms with E-state index in [4.69, 9.17) is 10.1 Å². The molecule has 226 valence electrons. The van der Waals surface area contributed by atoms with Gasteiger partial charge < -0.3 is 10.2 Å². The molecule has 3 aromatic carbocycles. The van der Waals surface area contributed by atoms with Crippen LogP contribution in [-0.2, 0) is 27.7 Å². The second-order valence-electron chi connectivity index (χ2n) is 11.2. The molecular weight excluding hydrogens is 572 g/mol. The second kappa shape index (κ2) is 13.0. The fraction of sp³-hybridized carbons (Fsp3) is 0.265. The van der Waals surface area contributed by atoms with Gasteiger partial charge >= 0.3 is 0 Å². The molecule has 2 aromatic heterocycles. The van der Waals surface area contributed by atoms with Crippen LogP contribution < -0.4 is 10.0 Å². The number of carbonyl (C=O) groups is 1. The predicted molar refractivity (Wildman–Crippen MR) is 173 cm³/mol. The van der Waals surface area contributed by atoms with Gasteiger partial charge in [-0.15, -0.1) is 0 Å². The minimum absolute atomic E-state index is 0.0998. The van der Waals surface area contributed by atoms with Crippen LogP contribution in [0.4, 0.5) is 11.4 Å². The Labute approximate surface area is 258 Å². The number of hydrogen-bond acceptors (Lipinski definition) is 6. The molecule has 1 amide bonds. The van der Waals surface area contributed by atoms with Crippen LogP contribution in [0, 0.1) is 0 Å². The van der Waals surface area contributed by atoms with E-state index >= 15 is 0 Å². The van der Waals surface area contributed by atoms with Crippen molar-refractivity contribution in [1.29, 1.82) is 0 Å². The van der Waals surface area contributed by atoms with Gasteiger partial charge in [0.1, 0.15) is 0 Å². The molecule has 0 radical (unpaired) electrons. The Balaban J connectivity index is 1.11. The molecule has 0 bridgehead atoms. The van der Waals surface area contributed by atoms with Crippen LogP contribution in [0.5, 0.6) is 0 Å². The fourth-order valence-corrected chi connectivity index (χ4v) is 6.66. The largest absolute Gasteiger partial charge is 0.326 e. The summed E-state index contributed by atoms with van der Waals surface area (Å²) >= 11 is 0. The molecule has 44 heavy (non-hydrogen) atoms. The molecule has 1 fully saturated rings. The highest BCUT2D eigenvalue weighted by atomic mass is 32.2. The lowest BCUT2D eigenvalue weighted by Gasteiger charge is -2.13. The smallest absolute Gasteiger partial charge is 0.261 e. The zero-order chi connectivity index (χ0) is 30.5. The van der Waals surface area contributed by atoms with Crippen molar-refractivity contribution in [2.75, 3.05) is 29.7 Å². The minimum Gasteiger partial charge on any atom is -0.326 e. The molecule has 6 rings (SSSR count). The molecule has 1 saturated heterocycles. The number of sulfonamides is 1. The highest BCUT2D eigenvalue weighted by Crippen LogP contribution is 2.25. The van der Waals surface area contributed by atoms with E-state index < -0.39 is 10.0 Å². The third-order valence-corrected chi connectivity index (χ3v) is 9.24. The normalized spacial score (nSPS) is 13.8. The van der Waals surface area contributed by atoms with Crippen LogP contribution in [0.3, 0.4) is 0 Å². The first-order valence-corrected chi connectivity index (χ1v) is 16.5. The number of benzene rings is 3. The number of rotatable bonds is 11. The van der Waals surface area contributed by atoms with Crippen LogP contribution in [0.15, 0.2) is 95.9 Å². The number of likely N-dealkylation sites (tertiary alicyclic amines) is 1. The zero-order valence-corrected chi connectivity index (χ0v) is 25.6. The SMILES string of the molecule is CC(=O)Nc1ccc(S(=O)(=O)Nc2ccc(-c3cccc4nc(Cc5ccc(CCCN6CCCC6)cc5)nn34)cc2)cc1. The summed E-state index contributed by atoms with van der Waals surface area (Å²) in [5.41, 5.74) is 6.00. The molecular formula is C34H36N6O3S. The molecule has 1 aliphatic heterocycles. The van der Waals surface area contributed by atoms with Crippen LogP contribution in [0.25, 0.3) is 16.9 Å². The number of amides is 1. The summed E-state index contributed by atoms with van der Waals surface area (Å²) in [6.45, 7) is 5.08. The third kappa shape index (κ3) is 7.15. The predicted octanol–water partition coefficient (Wildman–Crippen LogP) is 5.77. The first kappa shape index (κ1) is 29.5. The van der Waals surface area contributed by atoms with Crippen molar-refractivity contribution in [3.8, 4) is 11.3 Å². The highest BCUT2D eigenvalue weighted by Gasteiger charge is 2.16. The van der Waals surface area contributed by atoms with Gasteiger partial charge in [-0.05, 0) is 105 Å². The Bertz CT molecular complexity index is 1840. The molecule has 0 saturated carbocycles. The van der Waals surface area contributed by atoms with E-state index in [2.05, 4.69) is 39.2 Å². The number of aromatic nitrogens is 3. The fourth-order valence-electron chi connectivity index (χ4n) is 5.61. The number of fused-ring (bicyclic) bond motifs is 1. The van der Waals surface area contributed by atoms with Crippen molar-refractivity contribution in [3.05, 3.63) is 108 Å². The van der Waals surface area contributed by atoms with E-state index in [0.717, 1.165) is 29.1 Å². The van der Waals surface area contributed by atoms with Gasteiger partial charge in [-0.1, -0.05) is 42.5 Å². The average Bonchev–Trinajstić information content (AvgIpc) is 3.68. The third-order valence-electron chi connectivity index (χ3n) is 7.85. The van der Waals surface area contributed by atoms with Crippen LogP contribution in [0.1, 0.15) is 43.1 Å². The van der Waals surface area contributed by atoms with Crippen LogP contribution in [-0.4, -0.2) is 53.5 Å². The van der Waals surface area contributed by atoms with Gasteiger partial charge in [-0.2, -0.15) is 5.10 Å². The van der Waals surface area contributed by atoms with E-state index in [9.17, 15) is 13.2 Å². The number of hydrogen-bond donors (Lipinski definition) is 2. The van der Waals surface area contributed by atoms with Gasteiger partial charge in [-0.3, -0.25) is 9.52 Å². The summed E-state index contributed by atoms with van der Waals surface area (Å²) < 4.78 is 30.3. The molecule has 3 heterocycles. The lowest BCUT2D eigenvalue weighted by atomic mass is 10.1. The molecule has 5 aromatic rings. The minimum atomic E-state index is -3.80. The quantitative estimate of drug-likeness (QED) is 0.197. The van der Waals surface area contributed by atoms with E-state index in [1.807, 2.05) is 34.8 Å². The maximum atomic E-state index is 12.9. The number of pyridine rings is 1. The number of carbonyl (C=O) groups excluding carboxylic acids is 1. The van der Waals surface area contributed by atoms with Gasteiger partial charge in [-0.25, -0.2) is 17.9 Å². The molecule has 0 atom stereocenters. The van der Waals surface area contributed by atoms with Gasteiger partial charge in [0.15, 0.2) is 11.5 Å². The number of nitrogens with one attached hydrogen (secondary N) is 2. The second-order valence-corrected chi connectivity index (χ2v) is 12.9. The standard InChI is InChI=1S/C34H36N6O3S/c1-25(41)35-29-17-19-31(20-18-29)44(42,43)38-30-15-13-28(14-16-30)32-7-4-8-34-36-33(37-40(32)34)24-27-11-9-26(10-12-27)6-5-23-39-21-2-3-22-39/h4,7-20,38H,2-3,5-6,21-24H2,1H3,(H,35,41). The first-order valence-electron chi connectivity index (χ1n) is 15.0. The van der Waals surface area contributed by atoms with Crippen molar-refractivity contribution in [2.45, 2.75) is 43.9 Å². The average molecular weight is 609 g/mol. The lowest BCUT2D eigenvalue weighted by molar-refractivity contribution is -0.114.